The molecule has 92 valence electrons. The van der Waals surface area contributed by atoms with Gasteiger partial charge >= 0.3 is 5.97 Å². The Morgan fingerprint density at radius 2 is 1.75 bits per heavy atom. The van der Waals surface area contributed by atoms with Crippen molar-refractivity contribution in [3.63, 3.8) is 0 Å². The second-order valence-electron chi connectivity index (χ2n) is 4.82. The lowest BCUT2D eigenvalue weighted by atomic mass is 9.91. The molecule has 0 saturated carbocycles. The van der Waals surface area contributed by atoms with Crippen LogP contribution in [0.15, 0.2) is 0 Å². The minimum Gasteiger partial charge on any atom is -0.469 e. The van der Waals surface area contributed by atoms with Gasteiger partial charge in [-0.25, -0.2) is 0 Å². The number of hydrogen-bond acceptors (Lipinski definition) is 3. The van der Waals surface area contributed by atoms with Crippen LogP contribution in [0.2, 0.25) is 0 Å². The molecule has 1 rings (SSSR count). The third-order valence-electron chi connectivity index (χ3n) is 2.99. The number of nitrogens with zero attached hydrogens (tertiary/aromatic N) is 1. The first-order valence-corrected chi connectivity index (χ1v) is 5.87. The lowest BCUT2D eigenvalue weighted by Gasteiger charge is -2.35. The fourth-order valence-electron chi connectivity index (χ4n) is 2.34. The first-order chi connectivity index (χ1) is 7.52. The molecule has 1 saturated heterocycles. The van der Waals surface area contributed by atoms with E-state index in [0.29, 0.717) is 11.8 Å². The Bertz CT molecular complexity index is 255. The first-order valence-electron chi connectivity index (χ1n) is 5.87. The first kappa shape index (κ1) is 13.0. The maximum absolute atomic E-state index is 11.8. The maximum atomic E-state index is 11.8. The van der Waals surface area contributed by atoms with Gasteiger partial charge < -0.3 is 9.64 Å². The zero-order chi connectivity index (χ0) is 12.1. The third-order valence-corrected chi connectivity index (χ3v) is 2.99. The quantitative estimate of drug-likeness (QED) is 0.685. The van der Waals surface area contributed by atoms with Crippen LogP contribution in [0.25, 0.3) is 0 Å². The molecule has 0 N–H and O–H groups in total. The molecular formula is C12H21NO3. The number of carbonyl (C=O) groups is 2. The second kappa shape index (κ2) is 5.87. The van der Waals surface area contributed by atoms with Crippen LogP contribution in [0.1, 0.15) is 33.1 Å². The van der Waals surface area contributed by atoms with E-state index in [1.807, 2.05) is 4.90 Å². The summed E-state index contributed by atoms with van der Waals surface area (Å²) in [6.45, 7) is 5.97. The summed E-state index contributed by atoms with van der Waals surface area (Å²) in [6, 6.07) is 0. The van der Waals surface area contributed by atoms with E-state index in [4.69, 9.17) is 0 Å². The van der Waals surface area contributed by atoms with Gasteiger partial charge in [0.15, 0.2) is 0 Å². The third kappa shape index (κ3) is 3.83. The van der Waals surface area contributed by atoms with Gasteiger partial charge in [-0.1, -0.05) is 13.8 Å². The van der Waals surface area contributed by atoms with E-state index in [0.717, 1.165) is 13.1 Å². The van der Waals surface area contributed by atoms with Crippen molar-refractivity contribution in [3.8, 4) is 0 Å². The molecule has 1 heterocycles. The van der Waals surface area contributed by atoms with Crippen LogP contribution in [0, 0.1) is 11.8 Å². The molecule has 0 bridgehead atoms. The molecule has 1 aliphatic heterocycles. The Hall–Kier alpha value is -1.06. The summed E-state index contributed by atoms with van der Waals surface area (Å²) in [5, 5.41) is 0. The Balaban J connectivity index is 2.38. The van der Waals surface area contributed by atoms with E-state index in [1.54, 1.807) is 0 Å². The summed E-state index contributed by atoms with van der Waals surface area (Å²) < 4.78 is 4.52. The maximum Gasteiger partial charge on any atom is 0.306 e. The largest absolute Gasteiger partial charge is 0.469 e. The van der Waals surface area contributed by atoms with Gasteiger partial charge in [-0.2, -0.15) is 0 Å². The number of methoxy groups -OCH3 is 1. The van der Waals surface area contributed by atoms with Gasteiger partial charge in [0, 0.05) is 19.5 Å². The van der Waals surface area contributed by atoms with Gasteiger partial charge in [-0.05, 0) is 18.3 Å². The van der Waals surface area contributed by atoms with Crippen molar-refractivity contribution >= 4 is 11.9 Å². The van der Waals surface area contributed by atoms with E-state index in [1.165, 1.54) is 13.5 Å². The molecule has 0 aromatic carbocycles. The van der Waals surface area contributed by atoms with Crippen LogP contribution >= 0.6 is 0 Å². The van der Waals surface area contributed by atoms with Crippen molar-refractivity contribution in [1.29, 1.82) is 0 Å². The summed E-state index contributed by atoms with van der Waals surface area (Å²) in [5.41, 5.74) is 0. The van der Waals surface area contributed by atoms with E-state index >= 15 is 0 Å². The second-order valence-corrected chi connectivity index (χ2v) is 4.82. The molecule has 4 heteroatoms. The minimum atomic E-state index is -0.313. The Morgan fingerprint density at radius 3 is 2.25 bits per heavy atom. The van der Waals surface area contributed by atoms with Crippen molar-refractivity contribution in [2.24, 2.45) is 11.8 Å². The Morgan fingerprint density at radius 1 is 1.19 bits per heavy atom. The number of hydrogen-bond donors (Lipinski definition) is 0. The molecule has 16 heavy (non-hydrogen) atoms. The lowest BCUT2D eigenvalue weighted by Crippen LogP contribution is -2.42. The number of amides is 1. The van der Waals surface area contributed by atoms with Gasteiger partial charge in [0.05, 0.1) is 13.5 Å². The molecule has 4 nitrogen and oxygen atoms in total. The smallest absolute Gasteiger partial charge is 0.306 e. The molecule has 1 fully saturated rings. The topological polar surface area (TPSA) is 46.6 Å². The highest BCUT2D eigenvalue weighted by molar-refractivity contribution is 5.81. The van der Waals surface area contributed by atoms with Crippen LogP contribution < -0.4 is 0 Å². The van der Waals surface area contributed by atoms with Crippen molar-refractivity contribution in [3.05, 3.63) is 0 Å². The van der Waals surface area contributed by atoms with Gasteiger partial charge in [0.25, 0.3) is 0 Å². The monoisotopic (exact) mass is 227 g/mol. The molecule has 1 amide bonds. The number of ether oxygens (including phenoxy) is 1. The number of piperidine rings is 1. The minimum absolute atomic E-state index is 0.0730. The Kier molecular flexibility index (Phi) is 4.77. The fraction of sp³-hybridized carbons (Fsp3) is 0.833. The van der Waals surface area contributed by atoms with Crippen LogP contribution in [-0.2, 0) is 14.3 Å². The molecule has 0 aromatic rings. The molecule has 0 unspecified atom stereocenters. The lowest BCUT2D eigenvalue weighted by molar-refractivity contribution is -0.144. The van der Waals surface area contributed by atoms with E-state index in [9.17, 15) is 9.59 Å². The standard InChI is InChI=1S/C12H21NO3/c1-9-6-10(2)8-13(7-9)11(14)4-5-12(15)16-3/h9-10H,4-8H2,1-3H3/t9-,10+. The van der Waals surface area contributed by atoms with Crippen molar-refractivity contribution < 1.29 is 14.3 Å². The highest BCUT2D eigenvalue weighted by atomic mass is 16.5. The van der Waals surface area contributed by atoms with Crippen LogP contribution in [0.3, 0.4) is 0 Å². The molecule has 1 aliphatic rings. The molecule has 0 aromatic heterocycles. The highest BCUT2D eigenvalue weighted by Crippen LogP contribution is 2.21. The van der Waals surface area contributed by atoms with Crippen molar-refractivity contribution in [1.82, 2.24) is 4.90 Å². The fourth-order valence-corrected chi connectivity index (χ4v) is 2.34. The summed E-state index contributed by atoms with van der Waals surface area (Å²) >= 11 is 0. The molecule has 0 radical (unpaired) electrons. The molecule has 0 aliphatic carbocycles. The normalized spacial score (nSPS) is 25.3. The van der Waals surface area contributed by atoms with Gasteiger partial charge in [0.1, 0.15) is 0 Å². The average molecular weight is 227 g/mol. The zero-order valence-corrected chi connectivity index (χ0v) is 10.4. The molecule has 0 spiro atoms. The number of esters is 1. The van der Waals surface area contributed by atoms with Crippen molar-refractivity contribution in [2.45, 2.75) is 33.1 Å². The predicted molar refractivity (Wildman–Crippen MR) is 60.8 cm³/mol. The van der Waals surface area contributed by atoms with Crippen LogP contribution in [-0.4, -0.2) is 37.0 Å². The molecule has 2 atom stereocenters. The Labute approximate surface area is 96.9 Å². The van der Waals surface area contributed by atoms with Gasteiger partial charge in [0.2, 0.25) is 5.91 Å². The number of likely N-dealkylation sites (tertiary alicyclic amines) is 1. The van der Waals surface area contributed by atoms with E-state index in [-0.39, 0.29) is 24.7 Å². The van der Waals surface area contributed by atoms with Gasteiger partial charge in [-0.15, -0.1) is 0 Å². The number of rotatable bonds is 3. The predicted octanol–water partition coefficient (Wildman–Crippen LogP) is 1.44. The average Bonchev–Trinajstić information content (AvgIpc) is 2.23. The van der Waals surface area contributed by atoms with Crippen LogP contribution in [0.5, 0.6) is 0 Å². The summed E-state index contributed by atoms with van der Waals surface area (Å²) in [5.74, 6) is 0.881. The highest BCUT2D eigenvalue weighted by Gasteiger charge is 2.25. The number of carbonyl (C=O) groups excluding carboxylic acids is 2. The van der Waals surface area contributed by atoms with Crippen LogP contribution in [0.4, 0.5) is 0 Å². The summed E-state index contributed by atoms with van der Waals surface area (Å²) in [4.78, 5) is 24.6. The zero-order valence-electron chi connectivity index (χ0n) is 10.4. The van der Waals surface area contributed by atoms with E-state index in [2.05, 4.69) is 18.6 Å². The molecular weight excluding hydrogens is 206 g/mol. The SMILES string of the molecule is COC(=O)CCC(=O)N1C[C@H](C)C[C@H](C)C1. The van der Waals surface area contributed by atoms with E-state index < -0.39 is 0 Å². The summed E-state index contributed by atoms with van der Waals surface area (Å²) in [6.07, 6.45) is 1.64. The van der Waals surface area contributed by atoms with Crippen molar-refractivity contribution in [2.75, 3.05) is 20.2 Å². The summed E-state index contributed by atoms with van der Waals surface area (Å²) in [7, 11) is 1.35. The van der Waals surface area contributed by atoms with Gasteiger partial charge in [-0.3, -0.25) is 9.59 Å².